The molecule has 3 rings (SSSR count). The summed E-state index contributed by atoms with van der Waals surface area (Å²) in [4.78, 5) is 16.4. The van der Waals surface area contributed by atoms with Crippen LogP contribution in [0.4, 0.5) is 5.69 Å². The van der Waals surface area contributed by atoms with Crippen LogP contribution in [0.15, 0.2) is 41.9 Å². The first-order chi connectivity index (χ1) is 9.63. The number of aromatic nitrogens is 1. The maximum Gasteiger partial charge on any atom is 0.259 e. The van der Waals surface area contributed by atoms with Gasteiger partial charge in [-0.3, -0.25) is 4.79 Å². The van der Waals surface area contributed by atoms with Crippen molar-refractivity contribution in [2.45, 2.75) is 0 Å². The monoisotopic (exact) mass is 396 g/mol. The van der Waals surface area contributed by atoms with Crippen LogP contribution in [0.25, 0.3) is 10.2 Å². The van der Waals surface area contributed by atoms with E-state index in [1.807, 2.05) is 12.1 Å². The molecule has 1 amide bonds. The van der Waals surface area contributed by atoms with Gasteiger partial charge >= 0.3 is 0 Å². The molecule has 1 heterocycles. The van der Waals surface area contributed by atoms with Gasteiger partial charge in [-0.25, -0.2) is 4.98 Å². The van der Waals surface area contributed by atoms with E-state index in [0.717, 1.165) is 13.8 Å². The molecule has 4 nitrogen and oxygen atoms in total. The first-order valence-electron chi connectivity index (χ1n) is 5.76. The van der Waals surface area contributed by atoms with Gasteiger partial charge in [0.25, 0.3) is 5.91 Å². The number of halogens is 1. The fourth-order valence-electron chi connectivity index (χ4n) is 1.82. The molecule has 0 aliphatic carbocycles. The number of carbonyl (C=O) groups is 1. The Morgan fingerprint density at radius 1 is 1.25 bits per heavy atom. The Labute approximate surface area is 132 Å². The number of carbonyl (C=O) groups excluding carboxylic acids is 1. The summed E-state index contributed by atoms with van der Waals surface area (Å²) in [6.07, 6.45) is 0. The fraction of sp³-hybridized carbons (Fsp3) is 0. The van der Waals surface area contributed by atoms with E-state index in [-0.39, 0.29) is 17.2 Å². The van der Waals surface area contributed by atoms with Crippen molar-refractivity contribution in [3.63, 3.8) is 0 Å². The number of anilines is 1. The van der Waals surface area contributed by atoms with Gasteiger partial charge in [-0.2, -0.15) is 0 Å². The van der Waals surface area contributed by atoms with E-state index in [9.17, 15) is 9.90 Å². The van der Waals surface area contributed by atoms with Crippen LogP contribution in [0.3, 0.4) is 0 Å². The predicted molar refractivity (Wildman–Crippen MR) is 88.4 cm³/mol. The molecule has 0 fully saturated rings. The molecular formula is C14H9IN2O2S. The Bertz CT molecular complexity index is 801. The summed E-state index contributed by atoms with van der Waals surface area (Å²) in [6.45, 7) is 0. The summed E-state index contributed by atoms with van der Waals surface area (Å²) in [5.41, 5.74) is 3.62. The van der Waals surface area contributed by atoms with Crippen molar-refractivity contribution >= 4 is 55.7 Å². The number of thiazole rings is 1. The Hall–Kier alpha value is -1.67. The smallest absolute Gasteiger partial charge is 0.259 e. The van der Waals surface area contributed by atoms with E-state index >= 15 is 0 Å². The lowest BCUT2D eigenvalue weighted by molar-refractivity contribution is 0.102. The van der Waals surface area contributed by atoms with Crippen molar-refractivity contribution in [1.29, 1.82) is 0 Å². The normalized spacial score (nSPS) is 10.7. The number of nitrogens with one attached hydrogen (secondary N) is 1. The quantitative estimate of drug-likeness (QED) is 0.647. The number of fused-ring (bicyclic) bond motifs is 1. The molecule has 20 heavy (non-hydrogen) atoms. The van der Waals surface area contributed by atoms with Crippen molar-refractivity contribution < 1.29 is 9.90 Å². The lowest BCUT2D eigenvalue weighted by Crippen LogP contribution is -2.12. The molecule has 0 unspecified atom stereocenters. The first-order valence-corrected chi connectivity index (χ1v) is 7.72. The summed E-state index contributed by atoms with van der Waals surface area (Å²) in [6, 6.07) is 10.4. The van der Waals surface area contributed by atoms with Gasteiger partial charge in [-0.1, -0.05) is 0 Å². The van der Waals surface area contributed by atoms with Crippen molar-refractivity contribution in [3.05, 3.63) is 51.0 Å². The number of nitrogens with zero attached hydrogens (tertiary/aromatic N) is 1. The number of rotatable bonds is 2. The van der Waals surface area contributed by atoms with Crippen LogP contribution in [0, 0.1) is 3.57 Å². The topological polar surface area (TPSA) is 62.2 Å². The van der Waals surface area contributed by atoms with Crippen molar-refractivity contribution in [1.82, 2.24) is 4.98 Å². The molecule has 0 saturated carbocycles. The predicted octanol–water partition coefficient (Wildman–Crippen LogP) is 3.86. The van der Waals surface area contributed by atoms with E-state index in [4.69, 9.17) is 0 Å². The maximum absolute atomic E-state index is 12.2. The van der Waals surface area contributed by atoms with Crippen LogP contribution in [0.2, 0.25) is 0 Å². The van der Waals surface area contributed by atoms with Gasteiger partial charge in [-0.15, -0.1) is 11.3 Å². The molecule has 2 aromatic carbocycles. The van der Waals surface area contributed by atoms with Crippen molar-refractivity contribution in [2.75, 3.05) is 5.32 Å². The molecule has 0 saturated heterocycles. The molecule has 3 aromatic rings. The molecular weight excluding hydrogens is 387 g/mol. The third-order valence-corrected chi connectivity index (χ3v) is 4.26. The minimum atomic E-state index is -0.329. The van der Waals surface area contributed by atoms with Crippen molar-refractivity contribution in [3.8, 4) is 5.75 Å². The lowest BCUT2D eigenvalue weighted by atomic mass is 10.2. The number of hydrogen-bond donors (Lipinski definition) is 2. The number of phenolic OH excluding ortho intramolecular Hbond substituents is 1. The van der Waals surface area contributed by atoms with E-state index in [2.05, 4.69) is 32.9 Å². The molecule has 0 radical (unpaired) electrons. The Morgan fingerprint density at radius 3 is 2.95 bits per heavy atom. The maximum atomic E-state index is 12.2. The third kappa shape index (κ3) is 2.61. The van der Waals surface area contributed by atoms with Gasteiger partial charge in [-0.05, 0) is 59.0 Å². The SMILES string of the molecule is O=C(Nc1ccc2ncsc2c1)c1cc(I)ccc1O. The second kappa shape index (κ2) is 5.37. The van der Waals surface area contributed by atoms with Gasteiger partial charge in [0.1, 0.15) is 5.75 Å². The van der Waals surface area contributed by atoms with Gasteiger partial charge in [0.15, 0.2) is 0 Å². The summed E-state index contributed by atoms with van der Waals surface area (Å²) in [5, 5.41) is 12.5. The average Bonchev–Trinajstić information content (AvgIpc) is 2.89. The van der Waals surface area contributed by atoms with E-state index < -0.39 is 0 Å². The van der Waals surface area contributed by atoms with Crippen LogP contribution >= 0.6 is 33.9 Å². The highest BCUT2D eigenvalue weighted by Crippen LogP contribution is 2.24. The van der Waals surface area contributed by atoms with Gasteiger partial charge < -0.3 is 10.4 Å². The zero-order valence-electron chi connectivity index (χ0n) is 10.1. The van der Waals surface area contributed by atoms with E-state index in [1.165, 1.54) is 17.4 Å². The number of hydrogen-bond acceptors (Lipinski definition) is 4. The highest BCUT2D eigenvalue weighted by molar-refractivity contribution is 14.1. The molecule has 0 aliphatic rings. The largest absolute Gasteiger partial charge is 0.507 e. The minimum Gasteiger partial charge on any atom is -0.507 e. The van der Waals surface area contributed by atoms with Crippen LogP contribution in [-0.4, -0.2) is 16.0 Å². The van der Waals surface area contributed by atoms with E-state index in [1.54, 1.807) is 23.7 Å². The Balaban J connectivity index is 1.89. The Morgan fingerprint density at radius 2 is 2.10 bits per heavy atom. The van der Waals surface area contributed by atoms with Gasteiger partial charge in [0.05, 0.1) is 21.3 Å². The minimum absolute atomic E-state index is 0.0261. The molecule has 0 aliphatic heterocycles. The summed E-state index contributed by atoms with van der Waals surface area (Å²) in [5.74, 6) is -0.355. The second-order valence-electron chi connectivity index (χ2n) is 4.15. The average molecular weight is 396 g/mol. The molecule has 0 spiro atoms. The lowest BCUT2D eigenvalue weighted by Gasteiger charge is -2.07. The molecule has 1 aromatic heterocycles. The molecule has 0 atom stereocenters. The third-order valence-electron chi connectivity index (χ3n) is 2.79. The zero-order chi connectivity index (χ0) is 14.1. The standard InChI is InChI=1S/C14H9IN2O2S/c15-8-1-4-12(18)10(5-8)14(19)17-9-2-3-11-13(6-9)20-7-16-11/h1-7,18H,(H,17,19). The highest BCUT2D eigenvalue weighted by atomic mass is 127. The highest BCUT2D eigenvalue weighted by Gasteiger charge is 2.12. The van der Waals surface area contributed by atoms with Gasteiger partial charge in [0.2, 0.25) is 0 Å². The van der Waals surface area contributed by atoms with Crippen LogP contribution in [0.1, 0.15) is 10.4 Å². The van der Waals surface area contributed by atoms with Crippen molar-refractivity contribution in [2.24, 2.45) is 0 Å². The number of amides is 1. The molecule has 2 N–H and O–H groups in total. The van der Waals surface area contributed by atoms with Crippen LogP contribution < -0.4 is 5.32 Å². The summed E-state index contributed by atoms with van der Waals surface area (Å²) >= 11 is 3.62. The molecule has 6 heteroatoms. The van der Waals surface area contributed by atoms with E-state index in [0.29, 0.717) is 5.69 Å². The zero-order valence-corrected chi connectivity index (χ0v) is 13.1. The summed E-state index contributed by atoms with van der Waals surface area (Å²) in [7, 11) is 0. The fourth-order valence-corrected chi connectivity index (χ4v) is 3.03. The Kier molecular flexibility index (Phi) is 3.58. The first kappa shape index (κ1) is 13.3. The second-order valence-corrected chi connectivity index (χ2v) is 6.28. The molecule has 100 valence electrons. The van der Waals surface area contributed by atoms with Crippen LogP contribution in [-0.2, 0) is 0 Å². The van der Waals surface area contributed by atoms with Gasteiger partial charge in [0, 0.05) is 9.26 Å². The molecule has 0 bridgehead atoms. The number of aromatic hydroxyl groups is 1. The van der Waals surface area contributed by atoms with Crippen LogP contribution in [0.5, 0.6) is 5.75 Å². The number of phenols is 1. The number of benzene rings is 2. The summed E-state index contributed by atoms with van der Waals surface area (Å²) < 4.78 is 1.90.